The predicted molar refractivity (Wildman–Crippen MR) is 215 cm³/mol. The van der Waals surface area contributed by atoms with Crippen molar-refractivity contribution in [1.29, 1.82) is 0 Å². The lowest BCUT2D eigenvalue weighted by Gasteiger charge is -2.27. The number of aliphatic hydroxyl groups is 2. The molecule has 53 heavy (non-hydrogen) atoms. The van der Waals surface area contributed by atoms with Crippen LogP contribution in [-0.2, 0) is 9.53 Å². The summed E-state index contributed by atoms with van der Waals surface area (Å²) in [5, 5.41) is 21.8. The van der Waals surface area contributed by atoms with Crippen LogP contribution in [0.1, 0.15) is 165 Å². The Morgan fingerprint density at radius 3 is 1.57 bits per heavy atom. The Kier molecular flexibility index (Phi) is 29.3. The van der Waals surface area contributed by atoms with E-state index < -0.39 is 24.1 Å². The van der Waals surface area contributed by atoms with Gasteiger partial charge in [0, 0.05) is 26.1 Å². The molecule has 0 aliphatic heterocycles. The molecule has 2 N–H and O–H groups in total. The summed E-state index contributed by atoms with van der Waals surface area (Å²) in [4.78, 5) is 29.8. The summed E-state index contributed by atoms with van der Waals surface area (Å²) in [6.45, 7) is 7.28. The molecule has 10 heteroatoms. The summed E-state index contributed by atoms with van der Waals surface area (Å²) >= 11 is 0. The van der Waals surface area contributed by atoms with Crippen LogP contribution in [0.3, 0.4) is 0 Å². The van der Waals surface area contributed by atoms with E-state index in [9.17, 15) is 19.8 Å². The first-order valence-corrected chi connectivity index (χ1v) is 21.0. The van der Waals surface area contributed by atoms with Gasteiger partial charge in [0.05, 0.1) is 38.6 Å². The number of nitrogens with zero attached hydrogens (tertiary/aromatic N) is 2. The second-order valence-electron chi connectivity index (χ2n) is 15.0. The van der Waals surface area contributed by atoms with E-state index in [2.05, 4.69) is 18.7 Å². The molecule has 0 aliphatic rings. The topological polar surface area (TPSA) is 118 Å². The van der Waals surface area contributed by atoms with Gasteiger partial charge in [-0.1, -0.05) is 117 Å². The monoisotopic (exact) mass is 751 g/mol. The molecule has 0 bridgehead atoms. The Labute approximate surface area is 323 Å². The van der Waals surface area contributed by atoms with Crippen molar-refractivity contribution in [3.63, 3.8) is 0 Å². The highest BCUT2D eigenvalue weighted by Gasteiger charge is 2.22. The average Bonchev–Trinajstić information content (AvgIpc) is 3.13. The molecular formula is C43H78N2O8. The van der Waals surface area contributed by atoms with Gasteiger partial charge >= 0.3 is 11.9 Å². The fraction of sp³-hybridized carbons (Fsp3) is 0.814. The van der Waals surface area contributed by atoms with Crippen LogP contribution in [-0.4, -0.2) is 105 Å². The van der Waals surface area contributed by atoms with Crippen molar-refractivity contribution < 1.29 is 38.7 Å². The van der Waals surface area contributed by atoms with Crippen molar-refractivity contribution in [2.75, 3.05) is 61.1 Å². The van der Waals surface area contributed by atoms with E-state index in [0.29, 0.717) is 32.5 Å². The quantitative estimate of drug-likeness (QED) is 0.0396. The minimum Gasteiger partial charge on any atom is -0.493 e. The van der Waals surface area contributed by atoms with Crippen LogP contribution in [0.5, 0.6) is 17.2 Å². The number of rotatable bonds is 35. The van der Waals surface area contributed by atoms with Crippen LogP contribution in [0, 0.1) is 0 Å². The number of carbonyl (C=O) groups is 2. The van der Waals surface area contributed by atoms with Crippen LogP contribution in [0.25, 0.3) is 0 Å². The number of ether oxygens (including phenoxy) is 4. The summed E-state index contributed by atoms with van der Waals surface area (Å²) < 4.78 is 22.0. The normalized spacial score (nSPS) is 12.6. The van der Waals surface area contributed by atoms with Gasteiger partial charge in [-0.2, -0.15) is 0 Å². The standard InChI is InChI=1S/C43H78N2O8/c1-7-9-11-13-15-17-19-21-26-37(46)34-45(35-38(47)27-22-20-18-16-14-12-10-8-2)30-24-23-28-41(48)53-42-39(50-5)32-36(33-40(42)51-6)43(49)52-31-25-29-44(3)4/h32-33,37-38,46-47H,7-31,34-35H2,1-6H3. The van der Waals surface area contributed by atoms with Crippen molar-refractivity contribution in [1.82, 2.24) is 9.80 Å². The molecule has 0 amide bonds. The number of carbonyl (C=O) groups excluding carboxylic acids is 2. The van der Waals surface area contributed by atoms with Gasteiger partial charge < -0.3 is 34.1 Å². The maximum Gasteiger partial charge on any atom is 0.338 e. The van der Waals surface area contributed by atoms with Crippen molar-refractivity contribution in [3.05, 3.63) is 17.7 Å². The van der Waals surface area contributed by atoms with Crippen molar-refractivity contribution in [2.24, 2.45) is 0 Å². The van der Waals surface area contributed by atoms with Gasteiger partial charge in [0.2, 0.25) is 5.75 Å². The van der Waals surface area contributed by atoms with E-state index >= 15 is 0 Å². The van der Waals surface area contributed by atoms with Gasteiger partial charge in [-0.15, -0.1) is 0 Å². The number of hydrogen-bond donors (Lipinski definition) is 2. The second-order valence-corrected chi connectivity index (χ2v) is 15.0. The Morgan fingerprint density at radius 1 is 0.642 bits per heavy atom. The Balaban J connectivity index is 2.67. The molecule has 0 spiro atoms. The third-order valence-electron chi connectivity index (χ3n) is 9.72. The first-order valence-electron chi connectivity index (χ1n) is 21.0. The Morgan fingerprint density at radius 2 is 1.11 bits per heavy atom. The molecule has 2 unspecified atom stereocenters. The zero-order valence-electron chi connectivity index (χ0n) is 34.6. The van der Waals surface area contributed by atoms with Gasteiger partial charge in [-0.25, -0.2) is 4.79 Å². The van der Waals surface area contributed by atoms with Gasteiger partial charge in [0.1, 0.15) is 0 Å². The van der Waals surface area contributed by atoms with E-state index in [1.165, 1.54) is 103 Å². The van der Waals surface area contributed by atoms with E-state index in [0.717, 1.165) is 51.5 Å². The molecule has 0 aromatic heterocycles. The van der Waals surface area contributed by atoms with E-state index in [4.69, 9.17) is 18.9 Å². The molecular weight excluding hydrogens is 672 g/mol. The number of unbranched alkanes of at least 4 members (excludes halogenated alkanes) is 15. The first kappa shape index (κ1) is 48.6. The molecule has 1 aromatic rings. The minimum atomic E-state index is -0.506. The lowest BCUT2D eigenvalue weighted by Crippen LogP contribution is -2.38. The van der Waals surface area contributed by atoms with Crippen molar-refractivity contribution in [2.45, 2.75) is 167 Å². The van der Waals surface area contributed by atoms with Crippen LogP contribution in [0.2, 0.25) is 0 Å². The highest BCUT2D eigenvalue weighted by Crippen LogP contribution is 2.39. The smallest absolute Gasteiger partial charge is 0.338 e. The van der Waals surface area contributed by atoms with Crippen LogP contribution in [0.4, 0.5) is 0 Å². The van der Waals surface area contributed by atoms with Crippen LogP contribution in [0.15, 0.2) is 12.1 Å². The molecule has 0 fully saturated rings. The van der Waals surface area contributed by atoms with Gasteiger partial charge in [0.15, 0.2) is 11.5 Å². The number of esters is 2. The van der Waals surface area contributed by atoms with Gasteiger partial charge in [-0.3, -0.25) is 9.69 Å². The van der Waals surface area contributed by atoms with Gasteiger partial charge in [-0.05, 0) is 64.9 Å². The third-order valence-corrected chi connectivity index (χ3v) is 9.72. The zero-order valence-corrected chi connectivity index (χ0v) is 34.6. The molecule has 0 heterocycles. The number of aliphatic hydroxyl groups excluding tert-OH is 2. The average molecular weight is 751 g/mol. The fourth-order valence-electron chi connectivity index (χ4n) is 6.56. The molecule has 10 nitrogen and oxygen atoms in total. The molecule has 1 rings (SSSR count). The van der Waals surface area contributed by atoms with Crippen LogP contribution >= 0.6 is 0 Å². The molecule has 1 aromatic carbocycles. The minimum absolute atomic E-state index is 0.124. The molecule has 0 aliphatic carbocycles. The summed E-state index contributed by atoms with van der Waals surface area (Å²) in [6, 6.07) is 2.99. The maximum absolute atomic E-state index is 13.0. The predicted octanol–water partition coefficient (Wildman–Crippen LogP) is 8.97. The molecule has 0 saturated carbocycles. The maximum atomic E-state index is 13.0. The molecule has 0 saturated heterocycles. The number of methoxy groups -OCH3 is 2. The summed E-state index contributed by atoms with van der Waals surface area (Å²) in [6.07, 6.45) is 22.5. The van der Waals surface area contributed by atoms with Gasteiger partial charge in [0.25, 0.3) is 0 Å². The zero-order chi connectivity index (χ0) is 39.1. The Hall–Kier alpha value is -2.40. The first-order chi connectivity index (χ1) is 25.6. The second kappa shape index (κ2) is 31.9. The summed E-state index contributed by atoms with van der Waals surface area (Å²) in [5.74, 6) is -0.399. The largest absolute Gasteiger partial charge is 0.493 e. The fourth-order valence-corrected chi connectivity index (χ4v) is 6.56. The SMILES string of the molecule is CCCCCCCCCCC(O)CN(CCCCC(=O)Oc1c(OC)cc(C(=O)OCCCN(C)C)cc1OC)CC(O)CCCCCCCCCC. The highest BCUT2D eigenvalue weighted by molar-refractivity contribution is 5.91. The molecule has 308 valence electrons. The van der Waals surface area contributed by atoms with Crippen LogP contribution < -0.4 is 14.2 Å². The summed E-state index contributed by atoms with van der Waals surface area (Å²) in [5.41, 5.74) is 0.248. The lowest BCUT2D eigenvalue weighted by molar-refractivity contribution is -0.134. The van der Waals surface area contributed by atoms with E-state index in [1.807, 2.05) is 19.0 Å². The molecule has 2 atom stereocenters. The molecule has 0 radical (unpaired) electrons. The third kappa shape index (κ3) is 24.6. The summed E-state index contributed by atoms with van der Waals surface area (Å²) in [7, 11) is 6.81. The number of hydrogen-bond acceptors (Lipinski definition) is 10. The number of benzene rings is 1. The van der Waals surface area contributed by atoms with E-state index in [1.54, 1.807) is 0 Å². The van der Waals surface area contributed by atoms with Crippen molar-refractivity contribution in [3.8, 4) is 17.2 Å². The highest BCUT2D eigenvalue weighted by atomic mass is 16.6. The Bertz CT molecular complexity index is 1020. The van der Waals surface area contributed by atoms with E-state index in [-0.39, 0.29) is 35.8 Å². The van der Waals surface area contributed by atoms with Crippen molar-refractivity contribution >= 4 is 11.9 Å². The lowest BCUT2D eigenvalue weighted by atomic mass is 10.0.